The minimum atomic E-state index is -4.37. The third-order valence-corrected chi connectivity index (χ3v) is 7.47. The lowest BCUT2D eigenvalue weighted by molar-refractivity contribution is -0.137. The molecule has 1 saturated heterocycles. The molecule has 0 radical (unpaired) electrons. The molecular formula is C31H33F3N6O. The van der Waals surface area contributed by atoms with E-state index in [4.69, 9.17) is 4.98 Å². The number of alkyl halides is 3. The van der Waals surface area contributed by atoms with E-state index in [9.17, 15) is 18.0 Å². The van der Waals surface area contributed by atoms with Crippen molar-refractivity contribution < 1.29 is 18.0 Å². The van der Waals surface area contributed by atoms with E-state index >= 15 is 0 Å². The fourth-order valence-electron chi connectivity index (χ4n) is 5.13. The number of benzene rings is 2. The molecule has 2 amide bonds. The number of aromatic amines is 1. The Balaban J connectivity index is 1.21. The Morgan fingerprint density at radius 1 is 1.02 bits per heavy atom. The lowest BCUT2D eigenvalue weighted by Gasteiger charge is -2.38. The van der Waals surface area contributed by atoms with Gasteiger partial charge in [-0.1, -0.05) is 48.5 Å². The summed E-state index contributed by atoms with van der Waals surface area (Å²) in [6.07, 6.45) is 0.734. The molecule has 214 valence electrons. The van der Waals surface area contributed by atoms with Crippen molar-refractivity contribution in [2.45, 2.75) is 51.6 Å². The number of urea groups is 1. The van der Waals surface area contributed by atoms with Crippen LogP contribution in [0.5, 0.6) is 0 Å². The average Bonchev–Trinajstić information content (AvgIpc) is 3.35. The lowest BCUT2D eigenvalue weighted by atomic mass is 10.0. The summed E-state index contributed by atoms with van der Waals surface area (Å²) < 4.78 is 38.8. The van der Waals surface area contributed by atoms with Crippen molar-refractivity contribution in [3.8, 4) is 11.4 Å². The highest BCUT2D eigenvalue weighted by Crippen LogP contribution is 2.31. The second-order valence-corrected chi connectivity index (χ2v) is 10.4. The van der Waals surface area contributed by atoms with E-state index in [1.807, 2.05) is 54.3 Å². The first-order chi connectivity index (χ1) is 19.8. The summed E-state index contributed by atoms with van der Waals surface area (Å²) in [5.41, 5.74) is 3.71. The van der Waals surface area contributed by atoms with Gasteiger partial charge in [-0.05, 0) is 49.1 Å². The molecule has 0 aliphatic carbocycles. The highest BCUT2D eigenvalue weighted by atomic mass is 19.4. The van der Waals surface area contributed by atoms with Gasteiger partial charge >= 0.3 is 12.2 Å². The SMILES string of the molecule is Cc1[nH]c(-c2ccc(C(F)(F)F)cc2)nc1CN1CCC(N(Cc2ccccc2)C(=O)NCc2cccnc2)CC1. The number of likely N-dealkylation sites (tertiary alicyclic amines) is 1. The van der Waals surface area contributed by atoms with Crippen molar-refractivity contribution in [3.05, 3.63) is 107 Å². The molecule has 0 atom stereocenters. The molecule has 0 spiro atoms. The molecule has 1 fully saturated rings. The number of nitrogens with zero attached hydrogens (tertiary/aromatic N) is 4. The van der Waals surface area contributed by atoms with E-state index in [0.29, 0.717) is 31.0 Å². The number of pyridine rings is 1. The summed E-state index contributed by atoms with van der Waals surface area (Å²) in [5, 5.41) is 3.06. The van der Waals surface area contributed by atoms with Gasteiger partial charge in [0.15, 0.2) is 0 Å². The van der Waals surface area contributed by atoms with Gasteiger partial charge in [-0.25, -0.2) is 9.78 Å². The van der Waals surface area contributed by atoms with Gasteiger partial charge in [0.25, 0.3) is 0 Å². The normalized spacial score (nSPS) is 14.6. The Hall–Kier alpha value is -4.18. The maximum absolute atomic E-state index is 13.4. The van der Waals surface area contributed by atoms with Crippen molar-refractivity contribution in [3.63, 3.8) is 0 Å². The van der Waals surface area contributed by atoms with E-state index in [-0.39, 0.29) is 12.1 Å². The van der Waals surface area contributed by atoms with Crippen LogP contribution in [0.1, 0.15) is 40.9 Å². The topological polar surface area (TPSA) is 77.2 Å². The zero-order chi connectivity index (χ0) is 28.8. The maximum atomic E-state index is 13.4. The second-order valence-electron chi connectivity index (χ2n) is 10.4. The number of aryl methyl sites for hydroxylation is 1. The maximum Gasteiger partial charge on any atom is 0.416 e. The molecule has 2 N–H and O–H groups in total. The molecule has 10 heteroatoms. The molecule has 2 aromatic heterocycles. The lowest BCUT2D eigenvalue weighted by Crippen LogP contribution is -2.50. The van der Waals surface area contributed by atoms with E-state index in [1.54, 1.807) is 12.4 Å². The Kier molecular flexibility index (Phi) is 8.68. The minimum Gasteiger partial charge on any atom is -0.342 e. The van der Waals surface area contributed by atoms with Gasteiger partial charge in [0.1, 0.15) is 5.82 Å². The number of carbonyl (C=O) groups excluding carboxylic acids is 1. The standard InChI is InChI=1S/C31H33F3N6O/c1-22-28(38-29(37-22)25-9-11-26(12-10-25)31(32,33)34)21-39-16-13-27(14-17-39)40(20-23-6-3-2-4-7-23)30(41)36-19-24-8-5-15-35-18-24/h2-12,15,18,27H,13-14,16-17,19-21H2,1H3,(H,36,41)(H,37,38). The quantitative estimate of drug-likeness (QED) is 0.269. The Morgan fingerprint density at radius 2 is 1.73 bits per heavy atom. The highest BCUT2D eigenvalue weighted by Gasteiger charge is 2.31. The van der Waals surface area contributed by atoms with Crippen molar-refractivity contribution in [1.29, 1.82) is 0 Å². The van der Waals surface area contributed by atoms with Gasteiger partial charge in [0, 0.05) is 62.4 Å². The van der Waals surface area contributed by atoms with Gasteiger partial charge in [-0.15, -0.1) is 0 Å². The highest BCUT2D eigenvalue weighted by molar-refractivity contribution is 5.74. The number of aromatic nitrogens is 3. The number of imidazole rings is 1. The number of hydrogen-bond acceptors (Lipinski definition) is 4. The number of H-pyrrole nitrogens is 1. The third-order valence-electron chi connectivity index (χ3n) is 7.47. The summed E-state index contributed by atoms with van der Waals surface area (Å²) in [5.74, 6) is 0.556. The van der Waals surface area contributed by atoms with E-state index in [2.05, 4.69) is 20.2 Å². The van der Waals surface area contributed by atoms with Crippen LogP contribution in [0.3, 0.4) is 0 Å². The first kappa shape index (κ1) is 28.4. The van der Waals surface area contributed by atoms with Crippen molar-refractivity contribution >= 4 is 6.03 Å². The third kappa shape index (κ3) is 7.32. The van der Waals surface area contributed by atoms with Crippen LogP contribution in [0, 0.1) is 6.92 Å². The van der Waals surface area contributed by atoms with Crippen LogP contribution in [0.4, 0.5) is 18.0 Å². The summed E-state index contributed by atoms with van der Waals surface area (Å²) in [6.45, 7) is 5.09. The van der Waals surface area contributed by atoms with Crippen LogP contribution >= 0.6 is 0 Å². The van der Waals surface area contributed by atoms with Crippen LogP contribution in [0.2, 0.25) is 0 Å². The number of piperidine rings is 1. The van der Waals surface area contributed by atoms with Gasteiger partial charge < -0.3 is 15.2 Å². The number of nitrogens with one attached hydrogen (secondary N) is 2. The number of halogens is 3. The van der Waals surface area contributed by atoms with Gasteiger partial charge in [-0.3, -0.25) is 9.88 Å². The molecule has 0 unspecified atom stereocenters. The van der Waals surface area contributed by atoms with E-state index in [0.717, 1.165) is 60.6 Å². The zero-order valence-corrected chi connectivity index (χ0v) is 22.9. The fourth-order valence-corrected chi connectivity index (χ4v) is 5.13. The van der Waals surface area contributed by atoms with Crippen LogP contribution in [-0.2, 0) is 25.8 Å². The largest absolute Gasteiger partial charge is 0.416 e. The summed E-state index contributed by atoms with van der Waals surface area (Å²) in [4.78, 5) is 29.6. The first-order valence-electron chi connectivity index (χ1n) is 13.7. The summed E-state index contributed by atoms with van der Waals surface area (Å²) in [7, 11) is 0. The minimum absolute atomic E-state index is 0.0864. The van der Waals surface area contributed by atoms with Crippen LogP contribution in [0.15, 0.2) is 79.1 Å². The van der Waals surface area contributed by atoms with E-state index < -0.39 is 11.7 Å². The first-order valence-corrected chi connectivity index (χ1v) is 13.7. The van der Waals surface area contributed by atoms with Crippen molar-refractivity contribution in [1.82, 2.24) is 30.1 Å². The van der Waals surface area contributed by atoms with Gasteiger partial charge in [0.05, 0.1) is 11.3 Å². The number of carbonyl (C=O) groups is 1. The Labute approximate surface area is 237 Å². The van der Waals surface area contributed by atoms with Crippen LogP contribution in [-0.4, -0.2) is 49.9 Å². The number of rotatable bonds is 8. The average molecular weight is 563 g/mol. The summed E-state index contributed by atoms with van der Waals surface area (Å²) >= 11 is 0. The predicted molar refractivity (Wildman–Crippen MR) is 151 cm³/mol. The molecule has 5 rings (SSSR count). The molecule has 0 bridgehead atoms. The predicted octanol–water partition coefficient (Wildman–Crippen LogP) is 6.18. The Bertz CT molecular complexity index is 1420. The summed E-state index contributed by atoms with van der Waals surface area (Å²) in [6, 6.07) is 18.8. The molecule has 41 heavy (non-hydrogen) atoms. The second kappa shape index (κ2) is 12.6. The molecular weight excluding hydrogens is 529 g/mol. The molecule has 1 aliphatic heterocycles. The monoisotopic (exact) mass is 562 g/mol. The van der Waals surface area contributed by atoms with E-state index in [1.165, 1.54) is 12.1 Å². The van der Waals surface area contributed by atoms with Crippen LogP contribution < -0.4 is 5.32 Å². The van der Waals surface area contributed by atoms with Crippen LogP contribution in [0.25, 0.3) is 11.4 Å². The fraction of sp³-hybridized carbons (Fsp3) is 0.323. The smallest absolute Gasteiger partial charge is 0.342 e. The molecule has 0 saturated carbocycles. The Morgan fingerprint density at radius 3 is 2.39 bits per heavy atom. The van der Waals surface area contributed by atoms with Gasteiger partial charge in [-0.2, -0.15) is 13.2 Å². The number of hydrogen-bond donors (Lipinski definition) is 2. The van der Waals surface area contributed by atoms with Gasteiger partial charge in [0.2, 0.25) is 0 Å². The molecule has 3 heterocycles. The number of amides is 2. The van der Waals surface area contributed by atoms with Crippen molar-refractivity contribution in [2.75, 3.05) is 13.1 Å². The van der Waals surface area contributed by atoms with Crippen molar-refractivity contribution in [2.24, 2.45) is 0 Å². The molecule has 1 aliphatic rings. The molecule has 2 aromatic carbocycles. The molecule has 4 aromatic rings. The zero-order valence-electron chi connectivity index (χ0n) is 22.9. The molecule has 7 nitrogen and oxygen atoms in total.